The van der Waals surface area contributed by atoms with Crippen molar-refractivity contribution in [3.05, 3.63) is 71.4 Å². The third-order valence-corrected chi connectivity index (χ3v) is 6.10. The highest BCUT2D eigenvalue weighted by atomic mass is 16.2. The molecule has 3 aromatic rings. The van der Waals surface area contributed by atoms with Gasteiger partial charge in [0.1, 0.15) is 0 Å². The second-order valence-corrected chi connectivity index (χ2v) is 7.58. The van der Waals surface area contributed by atoms with E-state index < -0.39 is 0 Å². The number of carbonyl (C=O) groups is 1. The number of nitrogens with one attached hydrogen (secondary N) is 2. The van der Waals surface area contributed by atoms with Gasteiger partial charge in [-0.3, -0.25) is 9.69 Å². The Labute approximate surface area is 153 Å². The average molecular weight is 345 g/mol. The van der Waals surface area contributed by atoms with Gasteiger partial charge in [0.05, 0.1) is 5.41 Å². The van der Waals surface area contributed by atoms with Gasteiger partial charge in [-0.15, -0.1) is 0 Å². The molecule has 4 nitrogen and oxygen atoms in total. The van der Waals surface area contributed by atoms with Crippen molar-refractivity contribution >= 4 is 16.8 Å². The first kappa shape index (κ1) is 15.6. The lowest BCUT2D eigenvalue weighted by atomic mass is 9.68. The van der Waals surface area contributed by atoms with Gasteiger partial charge in [-0.1, -0.05) is 42.5 Å². The van der Waals surface area contributed by atoms with E-state index in [1.807, 2.05) is 0 Å². The predicted molar refractivity (Wildman–Crippen MR) is 103 cm³/mol. The normalized spacial score (nSPS) is 19.5. The van der Waals surface area contributed by atoms with E-state index in [1.165, 1.54) is 27.7 Å². The first-order valence-electron chi connectivity index (χ1n) is 9.40. The molecule has 0 atom stereocenters. The summed E-state index contributed by atoms with van der Waals surface area (Å²) in [4.78, 5) is 18.8. The predicted octanol–water partition coefficient (Wildman–Crippen LogP) is 3.33. The van der Waals surface area contributed by atoms with Crippen molar-refractivity contribution in [3.8, 4) is 0 Å². The minimum atomic E-state index is -0.341. The number of carbonyl (C=O) groups excluding carboxylic acids is 1. The summed E-state index contributed by atoms with van der Waals surface area (Å²) in [7, 11) is 0. The van der Waals surface area contributed by atoms with Gasteiger partial charge < -0.3 is 10.3 Å². The molecule has 0 aliphatic carbocycles. The number of rotatable bonds is 2. The highest BCUT2D eigenvalue weighted by Crippen LogP contribution is 2.40. The summed E-state index contributed by atoms with van der Waals surface area (Å²) in [6, 6.07) is 19.1. The van der Waals surface area contributed by atoms with Crippen LogP contribution < -0.4 is 5.32 Å². The third-order valence-electron chi connectivity index (χ3n) is 6.10. The van der Waals surface area contributed by atoms with Crippen molar-refractivity contribution < 1.29 is 4.79 Å². The van der Waals surface area contributed by atoms with Crippen LogP contribution >= 0.6 is 0 Å². The minimum Gasteiger partial charge on any atom is -0.357 e. The van der Waals surface area contributed by atoms with Gasteiger partial charge in [0, 0.05) is 24.3 Å². The van der Waals surface area contributed by atoms with E-state index in [0.717, 1.165) is 32.5 Å². The van der Waals surface area contributed by atoms with Gasteiger partial charge in [0.15, 0.2) is 0 Å². The topological polar surface area (TPSA) is 48.1 Å². The van der Waals surface area contributed by atoms with E-state index >= 15 is 0 Å². The maximum Gasteiger partial charge on any atom is 0.231 e. The second kappa shape index (κ2) is 5.99. The molecule has 132 valence electrons. The van der Waals surface area contributed by atoms with Crippen LogP contribution in [0.4, 0.5) is 0 Å². The van der Waals surface area contributed by atoms with Gasteiger partial charge in [0.2, 0.25) is 5.91 Å². The zero-order valence-electron chi connectivity index (χ0n) is 14.8. The van der Waals surface area contributed by atoms with Crippen LogP contribution in [0.3, 0.4) is 0 Å². The van der Waals surface area contributed by atoms with Gasteiger partial charge >= 0.3 is 0 Å². The highest BCUT2D eigenvalue weighted by molar-refractivity contribution is 5.90. The largest absolute Gasteiger partial charge is 0.357 e. The molecular weight excluding hydrogens is 322 g/mol. The van der Waals surface area contributed by atoms with Gasteiger partial charge in [0.25, 0.3) is 0 Å². The highest BCUT2D eigenvalue weighted by Gasteiger charge is 2.45. The Kier molecular flexibility index (Phi) is 3.61. The third kappa shape index (κ3) is 2.44. The Morgan fingerprint density at radius 2 is 1.77 bits per heavy atom. The summed E-state index contributed by atoms with van der Waals surface area (Å²) in [5.74, 6) is 0.210. The summed E-state index contributed by atoms with van der Waals surface area (Å²) < 4.78 is 0. The SMILES string of the molecule is O=C1NCc2ccccc2C12CCN(Cc1cc3ccccc3[nH]1)CC2. The molecule has 4 heteroatoms. The number of piperidine rings is 1. The molecule has 5 rings (SSSR count). The number of para-hydroxylation sites is 1. The van der Waals surface area contributed by atoms with Gasteiger partial charge in [-0.25, -0.2) is 0 Å². The summed E-state index contributed by atoms with van der Waals surface area (Å²) in [5.41, 5.74) is 4.61. The van der Waals surface area contributed by atoms with Crippen LogP contribution in [-0.2, 0) is 23.3 Å². The first-order valence-corrected chi connectivity index (χ1v) is 9.40. The fourth-order valence-corrected chi connectivity index (χ4v) is 4.66. The Balaban J connectivity index is 1.35. The van der Waals surface area contributed by atoms with Crippen LogP contribution in [0.15, 0.2) is 54.6 Å². The van der Waals surface area contributed by atoms with Crippen LogP contribution in [0.5, 0.6) is 0 Å². The standard InChI is InChI=1S/C22H23N3O/c26-21-22(19-7-3-1-6-17(19)14-23-21)9-11-25(12-10-22)15-18-13-16-5-2-4-8-20(16)24-18/h1-8,13,24H,9-12,14-15H2,(H,23,26). The molecule has 0 bridgehead atoms. The number of likely N-dealkylation sites (tertiary alicyclic amines) is 1. The molecule has 0 saturated carbocycles. The molecule has 2 N–H and O–H groups in total. The molecule has 2 aliphatic heterocycles. The maximum absolute atomic E-state index is 12.8. The number of nitrogens with zero attached hydrogens (tertiary/aromatic N) is 1. The molecule has 0 radical (unpaired) electrons. The van der Waals surface area contributed by atoms with Gasteiger partial charge in [-0.05, 0) is 54.6 Å². The van der Waals surface area contributed by atoms with Crippen molar-refractivity contribution in [1.82, 2.24) is 15.2 Å². The number of aromatic amines is 1. The molecule has 2 aliphatic rings. The fourth-order valence-electron chi connectivity index (χ4n) is 4.66. The maximum atomic E-state index is 12.8. The van der Waals surface area contributed by atoms with Crippen molar-refractivity contribution in [2.24, 2.45) is 0 Å². The lowest BCUT2D eigenvalue weighted by Crippen LogP contribution is -2.54. The lowest BCUT2D eigenvalue weighted by molar-refractivity contribution is -0.129. The molecule has 0 unspecified atom stereocenters. The first-order chi connectivity index (χ1) is 12.7. The van der Waals surface area contributed by atoms with Crippen molar-refractivity contribution in [2.45, 2.75) is 31.3 Å². The smallest absolute Gasteiger partial charge is 0.231 e. The van der Waals surface area contributed by atoms with Crippen LogP contribution in [0.2, 0.25) is 0 Å². The van der Waals surface area contributed by atoms with Crippen molar-refractivity contribution in [1.29, 1.82) is 0 Å². The summed E-state index contributed by atoms with van der Waals surface area (Å²) in [5, 5.41) is 4.38. The number of H-pyrrole nitrogens is 1. The second-order valence-electron chi connectivity index (χ2n) is 7.58. The molecule has 1 amide bonds. The Hall–Kier alpha value is -2.59. The molecule has 3 heterocycles. The van der Waals surface area contributed by atoms with Crippen LogP contribution in [0.1, 0.15) is 29.7 Å². The molecule has 2 aromatic carbocycles. The summed E-state index contributed by atoms with van der Waals surface area (Å²) in [6.07, 6.45) is 1.77. The van der Waals surface area contributed by atoms with E-state index in [-0.39, 0.29) is 11.3 Å². The molecule has 1 saturated heterocycles. The van der Waals surface area contributed by atoms with Crippen molar-refractivity contribution in [2.75, 3.05) is 13.1 Å². The number of hydrogen-bond donors (Lipinski definition) is 2. The number of aromatic nitrogens is 1. The molecule has 1 fully saturated rings. The molecular formula is C22H23N3O. The van der Waals surface area contributed by atoms with Gasteiger partial charge in [-0.2, -0.15) is 0 Å². The van der Waals surface area contributed by atoms with E-state index in [9.17, 15) is 4.79 Å². The van der Waals surface area contributed by atoms with E-state index in [4.69, 9.17) is 0 Å². The van der Waals surface area contributed by atoms with E-state index in [2.05, 4.69) is 69.8 Å². The molecule has 26 heavy (non-hydrogen) atoms. The number of benzene rings is 2. The lowest BCUT2D eigenvalue weighted by Gasteiger charge is -2.44. The number of fused-ring (bicyclic) bond motifs is 3. The molecule has 1 aromatic heterocycles. The fraction of sp³-hybridized carbons (Fsp3) is 0.318. The quantitative estimate of drug-likeness (QED) is 0.748. The van der Waals surface area contributed by atoms with Crippen LogP contribution in [0, 0.1) is 0 Å². The minimum absolute atomic E-state index is 0.210. The van der Waals surface area contributed by atoms with E-state index in [1.54, 1.807) is 0 Å². The summed E-state index contributed by atoms with van der Waals surface area (Å²) in [6.45, 7) is 3.46. The number of amides is 1. The molecule has 1 spiro atoms. The van der Waals surface area contributed by atoms with Crippen LogP contribution in [0.25, 0.3) is 10.9 Å². The zero-order chi connectivity index (χ0) is 17.6. The Bertz CT molecular complexity index is 933. The van der Waals surface area contributed by atoms with Crippen LogP contribution in [-0.4, -0.2) is 28.9 Å². The Morgan fingerprint density at radius 3 is 2.62 bits per heavy atom. The number of hydrogen-bond acceptors (Lipinski definition) is 2. The summed E-state index contributed by atoms with van der Waals surface area (Å²) >= 11 is 0. The van der Waals surface area contributed by atoms with Crippen molar-refractivity contribution in [3.63, 3.8) is 0 Å². The van der Waals surface area contributed by atoms with E-state index in [0.29, 0.717) is 6.54 Å². The zero-order valence-corrected chi connectivity index (χ0v) is 14.8. The average Bonchev–Trinajstić information content (AvgIpc) is 3.09. The Morgan fingerprint density at radius 1 is 1.00 bits per heavy atom. The monoisotopic (exact) mass is 345 g/mol.